The van der Waals surface area contributed by atoms with Crippen LogP contribution in [0.1, 0.15) is 10.4 Å². The van der Waals surface area contributed by atoms with Crippen molar-refractivity contribution >= 4 is 17.1 Å². The van der Waals surface area contributed by atoms with Crippen LogP contribution >= 0.6 is 0 Å². The lowest BCUT2D eigenvalue weighted by Crippen LogP contribution is -2.15. The summed E-state index contributed by atoms with van der Waals surface area (Å²) >= 11 is 0. The smallest absolute Gasteiger partial charge is 0.252 e. The van der Waals surface area contributed by atoms with Crippen molar-refractivity contribution in [1.29, 1.82) is 0 Å². The highest BCUT2D eigenvalue weighted by Crippen LogP contribution is 2.24. The van der Waals surface area contributed by atoms with E-state index in [1.165, 1.54) is 6.20 Å². The first-order valence-electron chi connectivity index (χ1n) is 5.23. The molecular formula is C11H10N6O. The van der Waals surface area contributed by atoms with Gasteiger partial charge in [0.2, 0.25) is 0 Å². The van der Waals surface area contributed by atoms with E-state index in [2.05, 4.69) is 15.3 Å². The average molecular weight is 242 g/mol. The summed E-state index contributed by atoms with van der Waals surface area (Å²) in [5, 5.41) is 10.8. The third-order valence-electron chi connectivity index (χ3n) is 2.75. The molecule has 0 aliphatic carbocycles. The van der Waals surface area contributed by atoms with Crippen molar-refractivity contribution in [1.82, 2.24) is 19.8 Å². The van der Waals surface area contributed by atoms with Gasteiger partial charge in [0.25, 0.3) is 5.91 Å². The number of carbonyl (C=O) groups excluding carboxylic acids is 1. The van der Waals surface area contributed by atoms with E-state index >= 15 is 0 Å². The van der Waals surface area contributed by atoms with Gasteiger partial charge in [0.1, 0.15) is 0 Å². The van der Waals surface area contributed by atoms with E-state index in [1.54, 1.807) is 16.9 Å². The molecule has 7 heteroatoms. The zero-order valence-corrected chi connectivity index (χ0v) is 9.29. The molecule has 0 saturated carbocycles. The Kier molecular flexibility index (Phi) is 2.06. The molecule has 5 N–H and O–H groups in total. The van der Waals surface area contributed by atoms with E-state index in [0.717, 1.165) is 11.3 Å². The lowest BCUT2D eigenvalue weighted by Gasteiger charge is -2.02. The van der Waals surface area contributed by atoms with Crippen LogP contribution in [0.15, 0.2) is 30.7 Å². The molecule has 90 valence electrons. The fourth-order valence-corrected chi connectivity index (χ4v) is 1.84. The van der Waals surface area contributed by atoms with Gasteiger partial charge >= 0.3 is 0 Å². The van der Waals surface area contributed by atoms with Crippen molar-refractivity contribution in [3.63, 3.8) is 0 Å². The van der Waals surface area contributed by atoms with E-state index in [0.29, 0.717) is 11.2 Å². The molecule has 0 spiro atoms. The molecule has 0 aromatic carbocycles. The van der Waals surface area contributed by atoms with Gasteiger partial charge in [-0.05, 0) is 12.1 Å². The van der Waals surface area contributed by atoms with Crippen molar-refractivity contribution in [2.75, 3.05) is 5.73 Å². The Morgan fingerprint density at radius 1 is 1.44 bits per heavy atom. The number of anilines is 1. The third-order valence-corrected chi connectivity index (χ3v) is 2.75. The van der Waals surface area contributed by atoms with Crippen LogP contribution in [0.2, 0.25) is 0 Å². The highest BCUT2D eigenvalue weighted by molar-refractivity contribution is 6.01. The molecule has 7 nitrogen and oxygen atoms in total. The second-order valence-electron chi connectivity index (χ2n) is 3.87. The minimum Gasteiger partial charge on any atom is -0.396 e. The molecule has 3 rings (SSSR count). The summed E-state index contributed by atoms with van der Waals surface area (Å²) in [6.07, 6.45) is 4.81. The number of nitrogens with zero attached hydrogens (tertiary/aromatic N) is 3. The summed E-state index contributed by atoms with van der Waals surface area (Å²) in [6.45, 7) is 0. The Morgan fingerprint density at radius 2 is 2.28 bits per heavy atom. The van der Waals surface area contributed by atoms with E-state index in [1.807, 2.05) is 12.1 Å². The fraction of sp³-hybridized carbons (Fsp3) is 0. The number of nitrogen functional groups attached to an aromatic ring is 1. The number of carbonyl (C=O) groups is 1. The second kappa shape index (κ2) is 3.59. The minimum absolute atomic E-state index is 0.219. The molecule has 0 bridgehead atoms. The summed E-state index contributed by atoms with van der Waals surface area (Å²) in [5.74, 6) is -0.591. The molecule has 3 aromatic rings. The van der Waals surface area contributed by atoms with Crippen LogP contribution < -0.4 is 11.5 Å². The summed E-state index contributed by atoms with van der Waals surface area (Å²) in [4.78, 5) is 11.2. The summed E-state index contributed by atoms with van der Waals surface area (Å²) in [7, 11) is 0. The number of amides is 1. The number of nitrogens with one attached hydrogen (secondary N) is 1. The largest absolute Gasteiger partial charge is 0.396 e. The van der Waals surface area contributed by atoms with Crippen LogP contribution in [0.4, 0.5) is 5.69 Å². The molecular weight excluding hydrogens is 232 g/mol. The molecule has 1 amide bonds. The van der Waals surface area contributed by atoms with Crippen molar-refractivity contribution in [2.45, 2.75) is 0 Å². The van der Waals surface area contributed by atoms with Gasteiger partial charge in [0.15, 0.2) is 0 Å². The van der Waals surface area contributed by atoms with E-state index < -0.39 is 5.91 Å². The van der Waals surface area contributed by atoms with E-state index in [-0.39, 0.29) is 5.56 Å². The van der Waals surface area contributed by atoms with Gasteiger partial charge < -0.3 is 11.5 Å². The van der Waals surface area contributed by atoms with Crippen molar-refractivity contribution in [3.8, 4) is 11.3 Å². The first-order valence-corrected chi connectivity index (χ1v) is 5.23. The van der Waals surface area contributed by atoms with E-state index in [9.17, 15) is 4.79 Å². The van der Waals surface area contributed by atoms with Crippen LogP contribution in [-0.2, 0) is 0 Å². The Morgan fingerprint density at radius 3 is 2.94 bits per heavy atom. The summed E-state index contributed by atoms with van der Waals surface area (Å²) in [6, 6.07) is 3.66. The first kappa shape index (κ1) is 10.3. The topological polar surface area (TPSA) is 115 Å². The summed E-state index contributed by atoms with van der Waals surface area (Å²) < 4.78 is 1.60. The maximum absolute atomic E-state index is 11.2. The quantitative estimate of drug-likeness (QED) is 0.603. The zero-order chi connectivity index (χ0) is 12.7. The highest BCUT2D eigenvalue weighted by Gasteiger charge is 2.12. The van der Waals surface area contributed by atoms with Gasteiger partial charge in [0.05, 0.1) is 28.7 Å². The predicted molar refractivity (Wildman–Crippen MR) is 65.7 cm³/mol. The zero-order valence-electron chi connectivity index (χ0n) is 9.29. The molecule has 18 heavy (non-hydrogen) atoms. The first-order chi connectivity index (χ1) is 8.66. The number of H-pyrrole nitrogens is 1. The molecule has 0 saturated heterocycles. The SMILES string of the molecule is NC(=O)c1cnn2cc(-c3ccn[nH]3)cc2c1N. The second-order valence-corrected chi connectivity index (χ2v) is 3.87. The Labute approximate surface area is 101 Å². The third kappa shape index (κ3) is 1.41. The van der Waals surface area contributed by atoms with Crippen LogP contribution in [-0.4, -0.2) is 25.7 Å². The normalized spacial score (nSPS) is 10.9. The monoisotopic (exact) mass is 242 g/mol. The highest BCUT2D eigenvalue weighted by atomic mass is 16.1. The van der Waals surface area contributed by atoms with Gasteiger partial charge in [-0.25, -0.2) is 4.52 Å². The number of fused-ring (bicyclic) bond motifs is 1. The number of rotatable bonds is 2. The molecule has 0 unspecified atom stereocenters. The molecule has 3 aromatic heterocycles. The fourth-order valence-electron chi connectivity index (χ4n) is 1.84. The molecule has 0 aliphatic rings. The van der Waals surface area contributed by atoms with Crippen molar-refractivity contribution in [3.05, 3.63) is 36.3 Å². The van der Waals surface area contributed by atoms with Crippen molar-refractivity contribution < 1.29 is 4.79 Å². The van der Waals surface area contributed by atoms with Gasteiger partial charge in [-0.2, -0.15) is 10.2 Å². The molecule has 0 atom stereocenters. The van der Waals surface area contributed by atoms with Crippen LogP contribution in [0.25, 0.3) is 16.8 Å². The van der Waals surface area contributed by atoms with Gasteiger partial charge in [-0.15, -0.1) is 0 Å². The van der Waals surface area contributed by atoms with Crippen LogP contribution in [0, 0.1) is 0 Å². The van der Waals surface area contributed by atoms with Crippen LogP contribution in [0.3, 0.4) is 0 Å². The Bertz CT molecular complexity index is 727. The lowest BCUT2D eigenvalue weighted by molar-refractivity contribution is 0.100. The molecule has 3 heterocycles. The van der Waals surface area contributed by atoms with Gasteiger partial charge in [-0.3, -0.25) is 9.89 Å². The molecule has 0 fully saturated rings. The maximum atomic E-state index is 11.2. The number of aromatic amines is 1. The van der Waals surface area contributed by atoms with Crippen LogP contribution in [0.5, 0.6) is 0 Å². The summed E-state index contributed by atoms with van der Waals surface area (Å²) in [5.41, 5.74) is 14.0. The van der Waals surface area contributed by atoms with Gasteiger partial charge in [0, 0.05) is 18.0 Å². The van der Waals surface area contributed by atoms with E-state index in [4.69, 9.17) is 11.5 Å². The Balaban J connectivity index is 2.24. The number of hydrogen-bond acceptors (Lipinski definition) is 4. The average Bonchev–Trinajstić information content (AvgIpc) is 2.97. The lowest BCUT2D eigenvalue weighted by atomic mass is 10.2. The van der Waals surface area contributed by atoms with Gasteiger partial charge in [-0.1, -0.05) is 0 Å². The number of primary amides is 1. The molecule has 0 radical (unpaired) electrons. The number of nitrogens with two attached hydrogens (primary N) is 2. The minimum atomic E-state index is -0.591. The predicted octanol–water partition coefficient (Wildman–Crippen LogP) is 0.405. The standard InChI is InChI=1S/C11H10N6O/c12-10-7(11(13)18)4-15-17-5-6(3-9(10)17)8-1-2-14-16-8/h1-5H,12H2,(H2,13,18)(H,14,16). The number of aromatic nitrogens is 4. The van der Waals surface area contributed by atoms with Crippen molar-refractivity contribution in [2.24, 2.45) is 5.73 Å². The maximum Gasteiger partial charge on any atom is 0.252 e. The number of hydrogen-bond donors (Lipinski definition) is 3. The Hall–Kier alpha value is -2.83. The molecule has 0 aliphatic heterocycles.